The molecule has 5 nitrogen and oxygen atoms in total. The van der Waals surface area contributed by atoms with Gasteiger partial charge in [0.25, 0.3) is 11.8 Å². The molecule has 64 valence electrons. The smallest absolute Gasteiger partial charge is 0.278 e. The van der Waals surface area contributed by atoms with Gasteiger partial charge in [0, 0.05) is 12.4 Å². The topological polar surface area (TPSA) is 70.3 Å². The van der Waals surface area contributed by atoms with Crippen LogP contribution in [0.4, 0.5) is 0 Å². The lowest BCUT2D eigenvalue weighted by atomic mass is 10.4. The van der Waals surface area contributed by atoms with Crippen LogP contribution < -0.4 is 15.2 Å². The Hall–Kier alpha value is -1.36. The summed E-state index contributed by atoms with van der Waals surface area (Å²) in [5, 5.41) is 0. The molecule has 1 aromatic rings. The number of hydrogen-bond acceptors (Lipinski definition) is 5. The molecule has 0 saturated heterocycles. The Labute approximate surface area is 69.5 Å². The van der Waals surface area contributed by atoms with Gasteiger partial charge in [0.05, 0.1) is 6.04 Å². The third kappa shape index (κ3) is 1.31. The van der Waals surface area contributed by atoms with Crippen molar-refractivity contribution in [2.45, 2.75) is 6.04 Å². The molecule has 0 unspecified atom stereocenters. The average Bonchev–Trinajstić information content (AvgIpc) is 2.29. The Morgan fingerprint density at radius 2 is 1.67 bits per heavy atom. The Morgan fingerprint density at radius 3 is 2.17 bits per heavy atom. The summed E-state index contributed by atoms with van der Waals surface area (Å²) in [6.45, 7) is 0.845. The molecule has 0 aliphatic carbocycles. The van der Waals surface area contributed by atoms with Crippen LogP contribution in [0.5, 0.6) is 11.8 Å². The first-order valence-electron chi connectivity index (χ1n) is 3.68. The highest BCUT2D eigenvalue weighted by Crippen LogP contribution is 2.21. The van der Waals surface area contributed by atoms with E-state index in [4.69, 9.17) is 15.2 Å². The third-order valence-electron chi connectivity index (χ3n) is 1.50. The summed E-state index contributed by atoms with van der Waals surface area (Å²) in [7, 11) is 0. The Kier molecular flexibility index (Phi) is 1.79. The molecule has 0 amide bonds. The lowest BCUT2D eigenvalue weighted by molar-refractivity contribution is 0.260. The van der Waals surface area contributed by atoms with E-state index in [9.17, 15) is 0 Å². The van der Waals surface area contributed by atoms with Crippen LogP contribution >= 0.6 is 0 Å². The first-order chi connectivity index (χ1) is 5.86. The van der Waals surface area contributed by atoms with Gasteiger partial charge in [-0.05, 0) is 0 Å². The monoisotopic (exact) mass is 167 g/mol. The van der Waals surface area contributed by atoms with Crippen molar-refractivity contribution in [1.82, 2.24) is 9.97 Å². The summed E-state index contributed by atoms with van der Waals surface area (Å²) in [6, 6.07) is -0.110. The molecule has 1 aliphatic heterocycles. The second kappa shape index (κ2) is 2.94. The molecule has 1 aliphatic rings. The fourth-order valence-corrected chi connectivity index (χ4v) is 0.931. The lowest BCUT2D eigenvalue weighted by Gasteiger charge is -2.04. The summed E-state index contributed by atoms with van der Waals surface area (Å²) in [5.41, 5.74) is 5.61. The minimum atomic E-state index is -0.110. The molecule has 0 radical (unpaired) electrons. The predicted octanol–water partition coefficient (Wildman–Crippen LogP) is -0.425. The van der Waals surface area contributed by atoms with Crippen LogP contribution in [0.2, 0.25) is 0 Å². The zero-order valence-corrected chi connectivity index (χ0v) is 6.43. The van der Waals surface area contributed by atoms with Crippen molar-refractivity contribution in [1.29, 1.82) is 0 Å². The molecular weight excluding hydrogens is 158 g/mol. The second-order valence-corrected chi connectivity index (χ2v) is 2.55. The number of aromatic nitrogens is 2. The van der Waals surface area contributed by atoms with E-state index >= 15 is 0 Å². The van der Waals surface area contributed by atoms with Gasteiger partial charge in [-0.1, -0.05) is 0 Å². The number of ether oxygens (including phenoxy) is 2. The van der Waals surface area contributed by atoms with E-state index in [1.54, 1.807) is 12.4 Å². The van der Waals surface area contributed by atoms with Crippen LogP contribution in [0.1, 0.15) is 0 Å². The maximum absolute atomic E-state index is 5.61. The van der Waals surface area contributed by atoms with Gasteiger partial charge >= 0.3 is 0 Å². The van der Waals surface area contributed by atoms with Gasteiger partial charge in [0.2, 0.25) is 0 Å². The number of rotatable bonds is 0. The average molecular weight is 167 g/mol. The molecule has 1 aromatic heterocycles. The van der Waals surface area contributed by atoms with Crippen LogP contribution in [0.25, 0.3) is 0 Å². The van der Waals surface area contributed by atoms with Crippen molar-refractivity contribution >= 4 is 0 Å². The molecule has 2 N–H and O–H groups in total. The van der Waals surface area contributed by atoms with Crippen LogP contribution in [0.3, 0.4) is 0 Å². The SMILES string of the molecule is NC1COc2nccnc2OC1. The van der Waals surface area contributed by atoms with Crippen LogP contribution in [-0.4, -0.2) is 29.2 Å². The van der Waals surface area contributed by atoms with E-state index < -0.39 is 0 Å². The fourth-order valence-electron chi connectivity index (χ4n) is 0.931. The summed E-state index contributed by atoms with van der Waals surface area (Å²) < 4.78 is 10.5. The van der Waals surface area contributed by atoms with Gasteiger partial charge < -0.3 is 15.2 Å². The molecule has 0 fully saturated rings. The molecule has 0 atom stereocenters. The van der Waals surface area contributed by atoms with E-state index in [0.717, 1.165) is 0 Å². The zero-order chi connectivity index (χ0) is 8.39. The molecule has 2 rings (SSSR count). The number of fused-ring (bicyclic) bond motifs is 1. The molecule has 5 heteroatoms. The Bertz CT molecular complexity index is 252. The van der Waals surface area contributed by atoms with E-state index in [2.05, 4.69) is 9.97 Å². The largest absolute Gasteiger partial charge is 0.472 e. The Morgan fingerprint density at radius 1 is 1.17 bits per heavy atom. The number of nitrogens with zero attached hydrogens (tertiary/aromatic N) is 2. The quantitative estimate of drug-likeness (QED) is 0.568. The molecule has 0 spiro atoms. The van der Waals surface area contributed by atoms with Crippen molar-refractivity contribution in [3.63, 3.8) is 0 Å². The van der Waals surface area contributed by atoms with E-state index in [1.807, 2.05) is 0 Å². The first kappa shape index (κ1) is 7.30. The van der Waals surface area contributed by atoms with Gasteiger partial charge in [0.15, 0.2) is 0 Å². The van der Waals surface area contributed by atoms with Crippen LogP contribution in [0.15, 0.2) is 12.4 Å². The summed E-state index contributed by atoms with van der Waals surface area (Å²) in [6.07, 6.45) is 3.11. The van der Waals surface area contributed by atoms with Gasteiger partial charge in [-0.25, -0.2) is 9.97 Å². The van der Waals surface area contributed by atoms with Crippen molar-refractivity contribution in [2.75, 3.05) is 13.2 Å². The highest BCUT2D eigenvalue weighted by Gasteiger charge is 2.16. The number of nitrogens with two attached hydrogens (primary N) is 1. The van der Waals surface area contributed by atoms with E-state index in [0.29, 0.717) is 25.0 Å². The summed E-state index contributed by atoms with van der Waals surface area (Å²) in [5.74, 6) is 0.843. The minimum Gasteiger partial charge on any atom is -0.472 e. The van der Waals surface area contributed by atoms with Gasteiger partial charge in [-0.3, -0.25) is 0 Å². The van der Waals surface area contributed by atoms with Gasteiger partial charge in [-0.15, -0.1) is 0 Å². The van der Waals surface area contributed by atoms with Gasteiger partial charge in [-0.2, -0.15) is 0 Å². The zero-order valence-electron chi connectivity index (χ0n) is 6.43. The summed E-state index contributed by atoms with van der Waals surface area (Å²) in [4.78, 5) is 7.90. The second-order valence-electron chi connectivity index (χ2n) is 2.55. The third-order valence-corrected chi connectivity index (χ3v) is 1.50. The standard InChI is InChI=1S/C7H9N3O2/c8-5-3-11-6-7(12-4-5)10-2-1-9-6/h1-2,5H,3-4,8H2. The van der Waals surface area contributed by atoms with E-state index in [-0.39, 0.29) is 6.04 Å². The van der Waals surface area contributed by atoms with Crippen molar-refractivity contribution in [3.05, 3.63) is 12.4 Å². The Balaban J connectivity index is 2.26. The molecule has 0 aromatic carbocycles. The minimum absolute atomic E-state index is 0.110. The fraction of sp³-hybridized carbons (Fsp3) is 0.429. The van der Waals surface area contributed by atoms with Crippen molar-refractivity contribution in [2.24, 2.45) is 5.73 Å². The predicted molar refractivity (Wildman–Crippen MR) is 41.0 cm³/mol. The van der Waals surface area contributed by atoms with E-state index in [1.165, 1.54) is 0 Å². The molecular formula is C7H9N3O2. The lowest BCUT2D eigenvalue weighted by Crippen LogP contribution is -2.32. The normalized spacial score (nSPS) is 17.1. The summed E-state index contributed by atoms with van der Waals surface area (Å²) >= 11 is 0. The molecule has 0 bridgehead atoms. The maximum atomic E-state index is 5.61. The van der Waals surface area contributed by atoms with Crippen molar-refractivity contribution < 1.29 is 9.47 Å². The maximum Gasteiger partial charge on any atom is 0.278 e. The van der Waals surface area contributed by atoms with Gasteiger partial charge in [0.1, 0.15) is 13.2 Å². The van der Waals surface area contributed by atoms with Crippen molar-refractivity contribution in [3.8, 4) is 11.8 Å². The molecule has 2 heterocycles. The molecule has 12 heavy (non-hydrogen) atoms. The molecule has 0 saturated carbocycles. The van der Waals surface area contributed by atoms with Crippen LogP contribution in [0, 0.1) is 0 Å². The highest BCUT2D eigenvalue weighted by molar-refractivity contribution is 5.24. The van der Waals surface area contributed by atoms with Crippen LogP contribution in [-0.2, 0) is 0 Å². The number of hydrogen-bond donors (Lipinski definition) is 1. The highest BCUT2D eigenvalue weighted by atomic mass is 16.5. The first-order valence-corrected chi connectivity index (χ1v) is 3.68.